The van der Waals surface area contributed by atoms with E-state index in [4.69, 9.17) is 9.97 Å². The van der Waals surface area contributed by atoms with Gasteiger partial charge in [-0.2, -0.15) is 0 Å². The lowest BCUT2D eigenvalue weighted by molar-refractivity contribution is -0.130. The lowest BCUT2D eigenvalue weighted by atomic mass is 9.96. The summed E-state index contributed by atoms with van der Waals surface area (Å²) in [6.45, 7) is 6.19. The number of nitrogens with one attached hydrogen (secondary N) is 2. The van der Waals surface area contributed by atoms with Crippen molar-refractivity contribution >= 4 is 28.5 Å². The zero-order valence-corrected chi connectivity index (χ0v) is 19.4. The highest BCUT2D eigenvalue weighted by molar-refractivity contribution is 5.99. The number of fused-ring (bicyclic) bond motifs is 2. The lowest BCUT2D eigenvalue weighted by Crippen LogP contribution is -2.39. The molecule has 2 aliphatic rings. The Kier molecular flexibility index (Phi) is 5.52. The number of aryl methyl sites for hydroxylation is 1. The average molecular weight is 447 g/mol. The summed E-state index contributed by atoms with van der Waals surface area (Å²) in [6.07, 6.45) is 2.62. The molecule has 8 nitrogen and oxygen atoms in total. The number of hydrogen-bond donors (Lipinski definition) is 2. The van der Waals surface area contributed by atoms with Crippen LogP contribution in [0.25, 0.3) is 10.9 Å². The van der Waals surface area contributed by atoms with Gasteiger partial charge in [0.1, 0.15) is 17.3 Å². The Morgan fingerprint density at radius 2 is 2.03 bits per heavy atom. The first-order valence-electron chi connectivity index (χ1n) is 11.6. The van der Waals surface area contributed by atoms with Crippen LogP contribution in [0.3, 0.4) is 0 Å². The Hall–Kier alpha value is -3.42. The first-order valence-corrected chi connectivity index (χ1v) is 11.6. The van der Waals surface area contributed by atoms with E-state index in [0.717, 1.165) is 58.8 Å². The van der Waals surface area contributed by atoms with Crippen molar-refractivity contribution in [3.63, 3.8) is 0 Å². The van der Waals surface area contributed by atoms with Crippen LogP contribution < -0.4 is 5.32 Å². The van der Waals surface area contributed by atoms with Crippen LogP contribution in [0.4, 0.5) is 5.82 Å². The average Bonchev–Trinajstić information content (AvgIpc) is 3.28. The van der Waals surface area contributed by atoms with Crippen molar-refractivity contribution in [2.75, 3.05) is 32.0 Å². The monoisotopic (exact) mass is 446 g/mol. The second-order valence-electron chi connectivity index (χ2n) is 9.11. The van der Waals surface area contributed by atoms with Gasteiger partial charge >= 0.3 is 0 Å². The molecule has 3 aromatic rings. The number of nitrogens with zero attached hydrogens (tertiary/aromatic N) is 4. The van der Waals surface area contributed by atoms with Crippen LogP contribution in [0, 0.1) is 6.92 Å². The van der Waals surface area contributed by atoms with E-state index < -0.39 is 0 Å². The van der Waals surface area contributed by atoms with Gasteiger partial charge in [-0.3, -0.25) is 9.59 Å². The topological polar surface area (TPSA) is 94.2 Å². The van der Waals surface area contributed by atoms with Gasteiger partial charge in [0.2, 0.25) is 5.91 Å². The molecule has 1 atom stereocenters. The summed E-state index contributed by atoms with van der Waals surface area (Å²) >= 11 is 0. The zero-order valence-electron chi connectivity index (χ0n) is 19.4. The SMILES string of the molecule is CNc1nc(C2CCCN(C(C)=O)C2)nc2c1CCN(C(=O)c1cc3c(C)cccc3[nH]1)C2. The van der Waals surface area contributed by atoms with Gasteiger partial charge in [-0.05, 0) is 43.9 Å². The molecule has 1 unspecified atom stereocenters. The Bertz CT molecular complexity index is 1230. The number of hydrogen-bond acceptors (Lipinski definition) is 5. The number of likely N-dealkylation sites (tertiary alicyclic amines) is 1. The summed E-state index contributed by atoms with van der Waals surface area (Å²) in [6, 6.07) is 8.00. The van der Waals surface area contributed by atoms with Crippen LogP contribution in [-0.4, -0.2) is 63.2 Å². The maximum absolute atomic E-state index is 13.3. The molecule has 0 saturated carbocycles. The first kappa shape index (κ1) is 21.4. The predicted octanol–water partition coefficient (Wildman–Crippen LogP) is 3.23. The van der Waals surface area contributed by atoms with Crippen molar-refractivity contribution in [3.05, 3.63) is 52.6 Å². The first-order chi connectivity index (χ1) is 15.9. The molecule has 1 fully saturated rings. The van der Waals surface area contributed by atoms with Crippen molar-refractivity contribution in [3.8, 4) is 0 Å². The van der Waals surface area contributed by atoms with Gasteiger partial charge in [0, 0.05) is 56.0 Å². The van der Waals surface area contributed by atoms with Crippen molar-refractivity contribution in [2.45, 2.75) is 45.6 Å². The van der Waals surface area contributed by atoms with Crippen molar-refractivity contribution in [1.82, 2.24) is 24.8 Å². The summed E-state index contributed by atoms with van der Waals surface area (Å²) in [5, 5.41) is 4.30. The maximum atomic E-state index is 13.3. The highest BCUT2D eigenvalue weighted by atomic mass is 16.2. The molecular formula is C25H30N6O2. The molecule has 33 heavy (non-hydrogen) atoms. The third-order valence-electron chi connectivity index (χ3n) is 6.95. The van der Waals surface area contributed by atoms with E-state index in [1.165, 1.54) is 0 Å². The Morgan fingerprint density at radius 1 is 1.18 bits per heavy atom. The van der Waals surface area contributed by atoms with Gasteiger partial charge in [0.15, 0.2) is 0 Å². The molecule has 2 aromatic heterocycles. The van der Waals surface area contributed by atoms with E-state index in [0.29, 0.717) is 31.7 Å². The number of aromatic nitrogens is 3. The van der Waals surface area contributed by atoms with E-state index in [-0.39, 0.29) is 17.7 Å². The molecule has 2 N–H and O–H groups in total. The molecule has 0 spiro atoms. The summed E-state index contributed by atoms with van der Waals surface area (Å²) in [7, 11) is 1.87. The van der Waals surface area contributed by atoms with E-state index in [1.54, 1.807) is 6.92 Å². The third kappa shape index (κ3) is 3.94. The van der Waals surface area contributed by atoms with E-state index in [9.17, 15) is 9.59 Å². The molecule has 0 bridgehead atoms. The second kappa shape index (κ2) is 8.50. The summed E-state index contributed by atoms with van der Waals surface area (Å²) < 4.78 is 0. The predicted molar refractivity (Wildman–Crippen MR) is 127 cm³/mol. The fourth-order valence-electron chi connectivity index (χ4n) is 5.08. The molecule has 1 aromatic carbocycles. The highest BCUT2D eigenvalue weighted by Gasteiger charge is 2.30. The number of H-pyrrole nitrogens is 1. The van der Waals surface area contributed by atoms with Crippen LogP contribution in [0.15, 0.2) is 24.3 Å². The Labute approximate surface area is 193 Å². The van der Waals surface area contributed by atoms with Crippen LogP contribution in [0.2, 0.25) is 0 Å². The fourth-order valence-corrected chi connectivity index (χ4v) is 5.08. The largest absolute Gasteiger partial charge is 0.373 e. The molecule has 1 saturated heterocycles. The fraction of sp³-hybridized carbons (Fsp3) is 0.440. The van der Waals surface area contributed by atoms with Crippen molar-refractivity contribution < 1.29 is 9.59 Å². The molecule has 172 valence electrons. The minimum absolute atomic E-state index is 0.0113. The number of piperidine rings is 1. The van der Waals surface area contributed by atoms with Crippen LogP contribution >= 0.6 is 0 Å². The number of benzene rings is 1. The Morgan fingerprint density at radius 3 is 2.79 bits per heavy atom. The molecule has 2 aliphatic heterocycles. The quantitative estimate of drug-likeness (QED) is 0.644. The second-order valence-corrected chi connectivity index (χ2v) is 9.11. The number of carbonyl (C=O) groups is 2. The molecule has 2 amide bonds. The molecule has 4 heterocycles. The van der Waals surface area contributed by atoms with Crippen LogP contribution in [-0.2, 0) is 17.8 Å². The Balaban J connectivity index is 1.42. The number of rotatable bonds is 3. The standard InChI is InChI=1S/C25H30N6O2/c1-15-6-4-8-20-19(15)12-21(27-20)25(33)31-11-9-18-22(14-31)28-23(29-24(18)26-3)17-7-5-10-30(13-17)16(2)32/h4,6,8,12,17,27H,5,7,9-11,13-14H2,1-3H3,(H,26,28,29). The van der Waals surface area contributed by atoms with E-state index >= 15 is 0 Å². The minimum atomic E-state index is -0.0113. The number of anilines is 1. The molecule has 8 heteroatoms. The normalized spacial score (nSPS) is 18.3. The van der Waals surface area contributed by atoms with Crippen LogP contribution in [0.1, 0.15) is 58.8 Å². The minimum Gasteiger partial charge on any atom is -0.373 e. The molecule has 0 radical (unpaired) electrons. The lowest BCUT2D eigenvalue weighted by Gasteiger charge is -2.33. The van der Waals surface area contributed by atoms with Gasteiger partial charge in [0.05, 0.1) is 12.2 Å². The number of aromatic amines is 1. The van der Waals surface area contributed by atoms with Gasteiger partial charge < -0.3 is 20.1 Å². The summed E-state index contributed by atoms with van der Waals surface area (Å²) in [4.78, 5) is 42.0. The number of amides is 2. The highest BCUT2D eigenvalue weighted by Crippen LogP contribution is 2.30. The maximum Gasteiger partial charge on any atom is 0.270 e. The van der Waals surface area contributed by atoms with Gasteiger partial charge in [-0.25, -0.2) is 9.97 Å². The van der Waals surface area contributed by atoms with Crippen molar-refractivity contribution in [1.29, 1.82) is 0 Å². The summed E-state index contributed by atoms with van der Waals surface area (Å²) in [5.41, 5.74) is 4.71. The van der Waals surface area contributed by atoms with Gasteiger partial charge in [-0.1, -0.05) is 12.1 Å². The van der Waals surface area contributed by atoms with Gasteiger partial charge in [-0.15, -0.1) is 0 Å². The molecular weight excluding hydrogens is 416 g/mol. The smallest absolute Gasteiger partial charge is 0.270 e. The molecule has 0 aliphatic carbocycles. The van der Waals surface area contributed by atoms with Crippen LogP contribution in [0.5, 0.6) is 0 Å². The van der Waals surface area contributed by atoms with E-state index in [2.05, 4.69) is 23.3 Å². The van der Waals surface area contributed by atoms with E-state index in [1.807, 2.05) is 35.0 Å². The number of carbonyl (C=O) groups excluding carboxylic acids is 2. The van der Waals surface area contributed by atoms with Crippen molar-refractivity contribution in [2.24, 2.45) is 0 Å². The third-order valence-corrected chi connectivity index (χ3v) is 6.95. The zero-order chi connectivity index (χ0) is 23.1. The van der Waals surface area contributed by atoms with Gasteiger partial charge in [0.25, 0.3) is 5.91 Å². The summed E-state index contributed by atoms with van der Waals surface area (Å²) in [5.74, 6) is 1.80. The molecule has 5 rings (SSSR count).